The first-order chi connectivity index (χ1) is 13.2. The molecule has 0 radical (unpaired) electrons. The number of carbonyl (C=O) groups excluding carboxylic acids is 2. The van der Waals surface area contributed by atoms with E-state index < -0.39 is 35.5 Å². The molecular formula is C19H19F4N3O2. The van der Waals surface area contributed by atoms with E-state index in [0.717, 1.165) is 24.3 Å². The Morgan fingerprint density at radius 1 is 1.00 bits per heavy atom. The quantitative estimate of drug-likeness (QED) is 0.515. The van der Waals surface area contributed by atoms with Crippen LogP contribution in [0, 0.1) is 5.82 Å². The predicted molar refractivity (Wildman–Crippen MR) is 95.1 cm³/mol. The third-order valence-electron chi connectivity index (χ3n) is 3.86. The Morgan fingerprint density at radius 2 is 1.64 bits per heavy atom. The molecule has 0 bridgehead atoms. The van der Waals surface area contributed by atoms with Gasteiger partial charge in [0.15, 0.2) is 0 Å². The van der Waals surface area contributed by atoms with Crippen molar-refractivity contribution in [1.29, 1.82) is 0 Å². The zero-order valence-corrected chi connectivity index (χ0v) is 14.9. The second-order valence-electron chi connectivity index (χ2n) is 6.01. The summed E-state index contributed by atoms with van der Waals surface area (Å²) in [6, 6.07) is 8.47. The van der Waals surface area contributed by atoms with E-state index in [9.17, 15) is 27.2 Å². The van der Waals surface area contributed by atoms with Crippen LogP contribution in [0.3, 0.4) is 0 Å². The summed E-state index contributed by atoms with van der Waals surface area (Å²) >= 11 is 0. The molecule has 3 amide bonds. The van der Waals surface area contributed by atoms with Gasteiger partial charge in [0.1, 0.15) is 5.82 Å². The van der Waals surface area contributed by atoms with E-state index in [0.29, 0.717) is 5.56 Å². The van der Waals surface area contributed by atoms with Crippen molar-refractivity contribution in [2.75, 3.05) is 13.1 Å². The fourth-order valence-corrected chi connectivity index (χ4v) is 2.37. The molecule has 2 rings (SSSR count). The van der Waals surface area contributed by atoms with E-state index in [1.165, 1.54) is 24.3 Å². The second kappa shape index (κ2) is 9.20. The fourth-order valence-electron chi connectivity index (χ4n) is 2.37. The number of amides is 3. The molecule has 0 aromatic heterocycles. The summed E-state index contributed by atoms with van der Waals surface area (Å²) in [5.41, 5.74) is -0.193. The topological polar surface area (TPSA) is 70.2 Å². The number of hydrogen-bond acceptors (Lipinski definition) is 2. The molecule has 3 N–H and O–H groups in total. The normalized spacial score (nSPS) is 12.2. The number of halogens is 4. The molecule has 28 heavy (non-hydrogen) atoms. The van der Waals surface area contributed by atoms with Crippen molar-refractivity contribution in [3.63, 3.8) is 0 Å². The Bertz CT molecular complexity index is 823. The van der Waals surface area contributed by atoms with Gasteiger partial charge < -0.3 is 16.0 Å². The Kier molecular flexibility index (Phi) is 6.97. The largest absolute Gasteiger partial charge is 0.416 e. The van der Waals surface area contributed by atoms with E-state index in [4.69, 9.17) is 0 Å². The van der Waals surface area contributed by atoms with E-state index in [1.807, 2.05) is 0 Å². The van der Waals surface area contributed by atoms with Crippen LogP contribution in [0.15, 0.2) is 48.5 Å². The SMILES string of the molecule is CC(NC(=O)NCCNC(=O)c1ccc(F)cc1)c1cccc(C(F)(F)F)c1. The average Bonchev–Trinajstić information content (AvgIpc) is 2.65. The third-order valence-corrected chi connectivity index (χ3v) is 3.86. The summed E-state index contributed by atoms with van der Waals surface area (Å²) in [4.78, 5) is 23.7. The summed E-state index contributed by atoms with van der Waals surface area (Å²) in [5, 5.41) is 7.58. The van der Waals surface area contributed by atoms with Crippen molar-refractivity contribution in [2.24, 2.45) is 0 Å². The van der Waals surface area contributed by atoms with Crippen molar-refractivity contribution in [3.8, 4) is 0 Å². The minimum absolute atomic E-state index is 0.105. The number of alkyl halides is 3. The summed E-state index contributed by atoms with van der Waals surface area (Å²) in [6.45, 7) is 1.79. The summed E-state index contributed by atoms with van der Waals surface area (Å²) in [5.74, 6) is -0.871. The number of urea groups is 1. The highest BCUT2D eigenvalue weighted by atomic mass is 19.4. The number of hydrogen-bond donors (Lipinski definition) is 3. The van der Waals surface area contributed by atoms with Crippen LogP contribution in [0.1, 0.15) is 34.5 Å². The summed E-state index contributed by atoms with van der Waals surface area (Å²) in [7, 11) is 0. The van der Waals surface area contributed by atoms with Gasteiger partial charge in [-0.3, -0.25) is 4.79 Å². The van der Waals surface area contributed by atoms with Gasteiger partial charge in [0.2, 0.25) is 0 Å². The zero-order valence-electron chi connectivity index (χ0n) is 14.9. The molecule has 2 aromatic rings. The van der Waals surface area contributed by atoms with Gasteiger partial charge in [0.25, 0.3) is 5.91 Å². The van der Waals surface area contributed by atoms with E-state index >= 15 is 0 Å². The van der Waals surface area contributed by atoms with Crippen LogP contribution in [-0.4, -0.2) is 25.0 Å². The van der Waals surface area contributed by atoms with Crippen LogP contribution in [0.2, 0.25) is 0 Å². The number of carbonyl (C=O) groups is 2. The predicted octanol–water partition coefficient (Wildman–Crippen LogP) is 3.63. The number of benzene rings is 2. The van der Waals surface area contributed by atoms with Crippen LogP contribution in [0.4, 0.5) is 22.4 Å². The Balaban J connectivity index is 1.76. The molecule has 2 aromatic carbocycles. The molecular weight excluding hydrogens is 378 g/mol. The van der Waals surface area contributed by atoms with Gasteiger partial charge in [-0.25, -0.2) is 9.18 Å². The highest BCUT2D eigenvalue weighted by Gasteiger charge is 2.30. The summed E-state index contributed by atoms with van der Waals surface area (Å²) < 4.78 is 51.1. The number of rotatable bonds is 6. The smallest absolute Gasteiger partial charge is 0.350 e. The Hall–Kier alpha value is -3.10. The lowest BCUT2D eigenvalue weighted by atomic mass is 10.1. The van der Waals surface area contributed by atoms with Crippen molar-refractivity contribution in [2.45, 2.75) is 19.1 Å². The van der Waals surface area contributed by atoms with Gasteiger partial charge in [-0.1, -0.05) is 12.1 Å². The van der Waals surface area contributed by atoms with Crippen molar-refractivity contribution in [3.05, 3.63) is 71.0 Å². The highest BCUT2D eigenvalue weighted by Crippen LogP contribution is 2.30. The maximum absolute atomic E-state index is 12.8. The van der Waals surface area contributed by atoms with E-state index in [2.05, 4.69) is 16.0 Å². The fraction of sp³-hybridized carbons (Fsp3) is 0.263. The molecule has 0 aliphatic carbocycles. The minimum atomic E-state index is -4.46. The van der Waals surface area contributed by atoms with Gasteiger partial charge in [-0.05, 0) is 48.9 Å². The van der Waals surface area contributed by atoms with E-state index in [1.54, 1.807) is 6.92 Å². The molecule has 9 heteroatoms. The molecule has 0 heterocycles. The highest BCUT2D eigenvalue weighted by molar-refractivity contribution is 5.94. The first-order valence-electron chi connectivity index (χ1n) is 8.42. The monoisotopic (exact) mass is 397 g/mol. The lowest BCUT2D eigenvalue weighted by Crippen LogP contribution is -2.41. The molecule has 0 aliphatic heterocycles. The third kappa shape index (κ3) is 6.26. The minimum Gasteiger partial charge on any atom is -0.350 e. The molecule has 0 saturated carbocycles. The van der Waals surface area contributed by atoms with Gasteiger partial charge in [-0.15, -0.1) is 0 Å². The maximum atomic E-state index is 12.8. The first kappa shape index (κ1) is 21.2. The molecule has 0 saturated heterocycles. The molecule has 0 fully saturated rings. The standard InChI is InChI=1S/C19H19F4N3O2/c1-12(14-3-2-4-15(11-14)19(21,22)23)26-18(28)25-10-9-24-17(27)13-5-7-16(20)8-6-13/h2-8,11-12H,9-10H2,1H3,(H,24,27)(H2,25,26,28). The molecule has 1 unspecified atom stereocenters. The first-order valence-corrected chi connectivity index (χ1v) is 8.42. The lowest BCUT2D eigenvalue weighted by Gasteiger charge is -2.17. The van der Waals surface area contributed by atoms with Gasteiger partial charge in [-0.2, -0.15) is 13.2 Å². The molecule has 0 aliphatic rings. The van der Waals surface area contributed by atoms with Gasteiger partial charge in [0.05, 0.1) is 11.6 Å². The van der Waals surface area contributed by atoms with Crippen molar-refractivity contribution < 1.29 is 27.2 Å². The zero-order chi connectivity index (χ0) is 20.7. The van der Waals surface area contributed by atoms with Crippen LogP contribution in [-0.2, 0) is 6.18 Å². The Labute approximate surface area is 159 Å². The van der Waals surface area contributed by atoms with Crippen LogP contribution < -0.4 is 16.0 Å². The van der Waals surface area contributed by atoms with Gasteiger partial charge in [0, 0.05) is 18.7 Å². The van der Waals surface area contributed by atoms with Crippen molar-refractivity contribution >= 4 is 11.9 Å². The maximum Gasteiger partial charge on any atom is 0.416 e. The summed E-state index contributed by atoms with van der Waals surface area (Å²) in [6.07, 6.45) is -4.46. The van der Waals surface area contributed by atoms with Gasteiger partial charge >= 0.3 is 12.2 Å². The lowest BCUT2D eigenvalue weighted by molar-refractivity contribution is -0.137. The van der Waals surface area contributed by atoms with Crippen LogP contribution in [0.5, 0.6) is 0 Å². The van der Waals surface area contributed by atoms with Crippen molar-refractivity contribution in [1.82, 2.24) is 16.0 Å². The molecule has 1 atom stereocenters. The van der Waals surface area contributed by atoms with Crippen LogP contribution in [0.25, 0.3) is 0 Å². The molecule has 150 valence electrons. The average molecular weight is 397 g/mol. The Morgan fingerprint density at radius 3 is 2.29 bits per heavy atom. The molecule has 5 nitrogen and oxygen atoms in total. The van der Waals surface area contributed by atoms with Crippen LogP contribution >= 0.6 is 0 Å². The van der Waals surface area contributed by atoms with E-state index in [-0.39, 0.29) is 18.7 Å². The molecule has 0 spiro atoms. The second-order valence-corrected chi connectivity index (χ2v) is 6.01. The number of nitrogens with one attached hydrogen (secondary N) is 3.